The predicted octanol–water partition coefficient (Wildman–Crippen LogP) is 2.05. The number of anilines is 1. The van der Waals surface area contributed by atoms with Crippen molar-refractivity contribution in [1.82, 2.24) is 5.32 Å². The molecule has 18 heavy (non-hydrogen) atoms. The molecule has 0 radical (unpaired) electrons. The summed E-state index contributed by atoms with van der Waals surface area (Å²) >= 11 is 3.06. The summed E-state index contributed by atoms with van der Waals surface area (Å²) in [5.74, 6) is -0.790. The second kappa shape index (κ2) is 5.48. The van der Waals surface area contributed by atoms with Crippen molar-refractivity contribution >= 4 is 33.4 Å². The van der Waals surface area contributed by atoms with Crippen molar-refractivity contribution in [2.24, 2.45) is 5.92 Å². The standard InChI is InChI=1S/C12H12BrFN2O2/c13-9-5-8(2-3-10(9)14)16-12(18)7-1-4-11(17)15-6-7/h2-3,5,7H,1,4,6H2,(H,15,17)(H,16,18). The third kappa shape index (κ3) is 3.07. The Hall–Kier alpha value is -1.43. The van der Waals surface area contributed by atoms with Gasteiger partial charge in [0.05, 0.1) is 10.4 Å². The first-order valence-electron chi connectivity index (χ1n) is 5.59. The van der Waals surface area contributed by atoms with Crippen molar-refractivity contribution in [2.45, 2.75) is 12.8 Å². The lowest BCUT2D eigenvalue weighted by molar-refractivity contribution is -0.126. The van der Waals surface area contributed by atoms with E-state index >= 15 is 0 Å². The number of nitrogens with one attached hydrogen (secondary N) is 2. The molecule has 0 saturated carbocycles. The van der Waals surface area contributed by atoms with E-state index in [1.54, 1.807) is 0 Å². The van der Waals surface area contributed by atoms with Crippen molar-refractivity contribution in [1.29, 1.82) is 0 Å². The van der Waals surface area contributed by atoms with Gasteiger partial charge in [-0.2, -0.15) is 0 Å². The third-order valence-corrected chi connectivity index (χ3v) is 3.43. The van der Waals surface area contributed by atoms with Crippen LogP contribution < -0.4 is 10.6 Å². The van der Waals surface area contributed by atoms with E-state index in [1.807, 2.05) is 0 Å². The van der Waals surface area contributed by atoms with Gasteiger partial charge in [0, 0.05) is 18.7 Å². The second-order valence-corrected chi connectivity index (χ2v) is 5.01. The predicted molar refractivity (Wildman–Crippen MR) is 68.5 cm³/mol. The normalized spacial score (nSPS) is 19.2. The zero-order valence-corrected chi connectivity index (χ0v) is 11.1. The lowest BCUT2D eigenvalue weighted by Gasteiger charge is -2.21. The summed E-state index contributed by atoms with van der Waals surface area (Å²) in [5, 5.41) is 5.36. The lowest BCUT2D eigenvalue weighted by atomic mass is 9.98. The van der Waals surface area contributed by atoms with Gasteiger partial charge in [0.2, 0.25) is 11.8 Å². The van der Waals surface area contributed by atoms with E-state index in [2.05, 4.69) is 26.6 Å². The first-order chi connectivity index (χ1) is 8.56. The van der Waals surface area contributed by atoms with Gasteiger partial charge in [-0.15, -0.1) is 0 Å². The minimum atomic E-state index is -0.377. The molecule has 1 aliphatic rings. The maximum atomic E-state index is 13.0. The van der Waals surface area contributed by atoms with Crippen LogP contribution in [0.3, 0.4) is 0 Å². The highest BCUT2D eigenvalue weighted by molar-refractivity contribution is 9.10. The Morgan fingerprint density at radius 2 is 2.28 bits per heavy atom. The van der Waals surface area contributed by atoms with Crippen LogP contribution in [0.2, 0.25) is 0 Å². The number of rotatable bonds is 2. The zero-order chi connectivity index (χ0) is 13.1. The number of benzene rings is 1. The molecule has 1 heterocycles. The molecule has 2 N–H and O–H groups in total. The van der Waals surface area contributed by atoms with Gasteiger partial charge in [-0.1, -0.05) is 0 Å². The van der Waals surface area contributed by atoms with Crippen LogP contribution in [-0.2, 0) is 9.59 Å². The molecule has 2 rings (SSSR count). The van der Waals surface area contributed by atoms with E-state index < -0.39 is 0 Å². The first-order valence-corrected chi connectivity index (χ1v) is 6.38. The highest BCUT2D eigenvalue weighted by Crippen LogP contribution is 2.21. The Balaban J connectivity index is 1.98. The van der Waals surface area contributed by atoms with Gasteiger partial charge < -0.3 is 10.6 Å². The molecule has 96 valence electrons. The number of halogens is 2. The van der Waals surface area contributed by atoms with E-state index in [-0.39, 0.29) is 23.5 Å². The summed E-state index contributed by atoms with van der Waals surface area (Å²) in [6.07, 6.45) is 0.908. The summed E-state index contributed by atoms with van der Waals surface area (Å²) in [6.45, 7) is 0.354. The summed E-state index contributed by atoms with van der Waals surface area (Å²) in [5.41, 5.74) is 0.533. The van der Waals surface area contributed by atoms with Crippen LogP contribution in [0.25, 0.3) is 0 Å². The highest BCUT2D eigenvalue weighted by Gasteiger charge is 2.24. The SMILES string of the molecule is O=C1CCC(C(=O)Nc2ccc(F)c(Br)c2)CN1. The minimum absolute atomic E-state index is 0.0245. The molecule has 1 aliphatic heterocycles. The molecule has 1 aromatic rings. The molecule has 6 heteroatoms. The molecule has 0 aliphatic carbocycles. The first kappa shape index (κ1) is 13.0. The average Bonchev–Trinajstić information content (AvgIpc) is 2.34. The summed E-state index contributed by atoms with van der Waals surface area (Å²) < 4.78 is 13.3. The fourth-order valence-electron chi connectivity index (χ4n) is 1.77. The molecule has 1 aromatic carbocycles. The van der Waals surface area contributed by atoms with Gasteiger partial charge in [-0.05, 0) is 40.5 Å². The molecular formula is C12H12BrFN2O2. The minimum Gasteiger partial charge on any atom is -0.355 e. The van der Waals surface area contributed by atoms with E-state index in [0.29, 0.717) is 29.5 Å². The number of hydrogen-bond acceptors (Lipinski definition) is 2. The van der Waals surface area contributed by atoms with Gasteiger partial charge in [-0.25, -0.2) is 4.39 Å². The molecular weight excluding hydrogens is 303 g/mol. The van der Waals surface area contributed by atoms with Crippen LogP contribution in [0, 0.1) is 11.7 Å². The lowest BCUT2D eigenvalue weighted by Crippen LogP contribution is -2.40. The van der Waals surface area contributed by atoms with Gasteiger partial charge in [0.15, 0.2) is 0 Å². The maximum absolute atomic E-state index is 13.0. The van der Waals surface area contributed by atoms with Gasteiger partial charge in [0.1, 0.15) is 5.82 Å². The van der Waals surface area contributed by atoms with E-state index in [0.717, 1.165) is 0 Å². The van der Waals surface area contributed by atoms with E-state index in [4.69, 9.17) is 0 Å². The fraction of sp³-hybridized carbons (Fsp3) is 0.333. The van der Waals surface area contributed by atoms with Crippen LogP contribution in [0.4, 0.5) is 10.1 Å². The average molecular weight is 315 g/mol. The number of amides is 2. The Labute approximate surface area is 112 Å². The van der Waals surface area contributed by atoms with Gasteiger partial charge >= 0.3 is 0 Å². The second-order valence-electron chi connectivity index (χ2n) is 4.16. The molecule has 0 spiro atoms. The van der Waals surface area contributed by atoms with Crippen molar-refractivity contribution in [3.8, 4) is 0 Å². The Bertz CT molecular complexity index is 483. The van der Waals surface area contributed by atoms with Crippen molar-refractivity contribution < 1.29 is 14.0 Å². The highest BCUT2D eigenvalue weighted by atomic mass is 79.9. The number of carbonyl (C=O) groups is 2. The monoisotopic (exact) mass is 314 g/mol. The Morgan fingerprint density at radius 1 is 1.50 bits per heavy atom. The zero-order valence-electron chi connectivity index (χ0n) is 9.50. The van der Waals surface area contributed by atoms with Gasteiger partial charge in [0.25, 0.3) is 0 Å². The third-order valence-electron chi connectivity index (χ3n) is 2.82. The summed E-state index contributed by atoms with van der Waals surface area (Å²) in [4.78, 5) is 22.9. The fourth-order valence-corrected chi connectivity index (χ4v) is 2.15. The molecule has 0 bridgehead atoms. The van der Waals surface area contributed by atoms with Gasteiger partial charge in [-0.3, -0.25) is 9.59 Å². The summed E-state index contributed by atoms with van der Waals surface area (Å²) in [7, 11) is 0. The quantitative estimate of drug-likeness (QED) is 0.877. The molecule has 2 amide bonds. The van der Waals surface area contributed by atoms with Crippen LogP contribution in [0.5, 0.6) is 0 Å². The van der Waals surface area contributed by atoms with Crippen LogP contribution in [0.1, 0.15) is 12.8 Å². The Kier molecular flexibility index (Phi) is 3.96. The molecule has 1 fully saturated rings. The number of hydrogen-bond donors (Lipinski definition) is 2. The van der Waals surface area contributed by atoms with Crippen molar-refractivity contribution in [2.75, 3.05) is 11.9 Å². The maximum Gasteiger partial charge on any atom is 0.229 e. The van der Waals surface area contributed by atoms with Crippen molar-refractivity contribution in [3.05, 3.63) is 28.5 Å². The van der Waals surface area contributed by atoms with Crippen molar-refractivity contribution in [3.63, 3.8) is 0 Å². The number of piperidine rings is 1. The molecule has 4 nitrogen and oxygen atoms in total. The van der Waals surface area contributed by atoms with Crippen LogP contribution >= 0.6 is 15.9 Å². The largest absolute Gasteiger partial charge is 0.355 e. The smallest absolute Gasteiger partial charge is 0.229 e. The van der Waals surface area contributed by atoms with E-state index in [1.165, 1.54) is 18.2 Å². The Morgan fingerprint density at radius 3 is 2.89 bits per heavy atom. The molecule has 1 unspecified atom stereocenters. The van der Waals surface area contributed by atoms with E-state index in [9.17, 15) is 14.0 Å². The topological polar surface area (TPSA) is 58.2 Å². The molecule has 1 saturated heterocycles. The number of carbonyl (C=O) groups excluding carboxylic acids is 2. The van der Waals surface area contributed by atoms with Crippen LogP contribution in [-0.4, -0.2) is 18.4 Å². The summed E-state index contributed by atoms with van der Waals surface area (Å²) in [6, 6.07) is 4.29. The molecule has 0 aromatic heterocycles. The molecule has 1 atom stereocenters. The van der Waals surface area contributed by atoms with Crippen LogP contribution in [0.15, 0.2) is 22.7 Å².